The van der Waals surface area contributed by atoms with Crippen LogP contribution in [0.25, 0.3) is 10.8 Å². The van der Waals surface area contributed by atoms with E-state index in [9.17, 15) is 0 Å². The molecular weight excluding hydrogens is 262 g/mol. The molecule has 2 aliphatic rings. The first-order valence-electron chi connectivity index (χ1n) is 6.38. The van der Waals surface area contributed by atoms with Crippen LogP contribution in [0.2, 0.25) is 0 Å². The van der Waals surface area contributed by atoms with Gasteiger partial charge in [0, 0.05) is 12.1 Å². The molecule has 1 N–H and O–H groups in total. The molecule has 100 valence electrons. The first kappa shape index (κ1) is 12.9. The highest BCUT2D eigenvalue weighted by atomic mass is 35.5. The van der Waals surface area contributed by atoms with E-state index >= 15 is 0 Å². The Hall–Kier alpha value is -1.13. The molecule has 0 spiro atoms. The first-order chi connectivity index (χ1) is 8.86. The summed E-state index contributed by atoms with van der Waals surface area (Å²) in [6, 6.07) is 14.8. The van der Waals surface area contributed by atoms with Crippen molar-refractivity contribution in [2.45, 2.75) is 11.9 Å². The SMILES string of the molecule is Cl.c1ccc2cc(C34CNCC(CO3)O4)ccc2c1. The lowest BCUT2D eigenvalue weighted by Gasteiger charge is -2.32. The third kappa shape index (κ3) is 2.03. The van der Waals surface area contributed by atoms with Crippen molar-refractivity contribution in [2.75, 3.05) is 19.7 Å². The van der Waals surface area contributed by atoms with Gasteiger partial charge in [-0.15, -0.1) is 12.4 Å². The third-order valence-electron chi connectivity index (χ3n) is 3.78. The second-order valence-corrected chi connectivity index (χ2v) is 5.00. The fourth-order valence-electron chi connectivity index (χ4n) is 2.84. The van der Waals surface area contributed by atoms with Crippen molar-refractivity contribution in [1.82, 2.24) is 5.32 Å². The van der Waals surface area contributed by atoms with E-state index in [4.69, 9.17) is 9.47 Å². The van der Waals surface area contributed by atoms with Crippen molar-refractivity contribution in [2.24, 2.45) is 0 Å². The fraction of sp³-hybridized carbons (Fsp3) is 0.333. The molecule has 0 saturated carbocycles. The molecule has 4 heteroatoms. The quantitative estimate of drug-likeness (QED) is 0.868. The van der Waals surface area contributed by atoms with E-state index in [1.807, 2.05) is 0 Å². The molecule has 2 bridgehead atoms. The van der Waals surface area contributed by atoms with Crippen LogP contribution in [-0.4, -0.2) is 25.8 Å². The Labute approximate surface area is 118 Å². The molecule has 0 aromatic heterocycles. The summed E-state index contributed by atoms with van der Waals surface area (Å²) in [6.45, 7) is 2.29. The molecular formula is C15H16ClNO2. The van der Waals surface area contributed by atoms with E-state index < -0.39 is 5.79 Å². The molecule has 0 amide bonds. The summed E-state index contributed by atoms with van der Waals surface area (Å²) in [5.41, 5.74) is 1.11. The van der Waals surface area contributed by atoms with Gasteiger partial charge in [0.25, 0.3) is 0 Å². The van der Waals surface area contributed by atoms with E-state index in [2.05, 4.69) is 47.8 Å². The van der Waals surface area contributed by atoms with E-state index in [0.29, 0.717) is 6.61 Å². The summed E-state index contributed by atoms with van der Waals surface area (Å²) in [5, 5.41) is 5.86. The van der Waals surface area contributed by atoms with Gasteiger partial charge in [0.1, 0.15) is 0 Å². The third-order valence-corrected chi connectivity index (χ3v) is 3.78. The zero-order valence-corrected chi connectivity index (χ0v) is 11.3. The Kier molecular flexibility index (Phi) is 3.23. The van der Waals surface area contributed by atoms with Crippen molar-refractivity contribution >= 4 is 23.2 Å². The minimum Gasteiger partial charge on any atom is -0.342 e. The van der Waals surface area contributed by atoms with Crippen molar-refractivity contribution in [1.29, 1.82) is 0 Å². The van der Waals surface area contributed by atoms with Gasteiger partial charge in [-0.05, 0) is 16.8 Å². The number of hydrogen-bond donors (Lipinski definition) is 1. The number of halogens is 1. The Balaban J connectivity index is 0.00000110. The Morgan fingerprint density at radius 1 is 1.11 bits per heavy atom. The van der Waals surface area contributed by atoms with Gasteiger partial charge in [0.2, 0.25) is 5.79 Å². The van der Waals surface area contributed by atoms with Crippen LogP contribution >= 0.6 is 12.4 Å². The minimum atomic E-state index is -0.576. The normalized spacial score (nSPS) is 29.2. The number of ether oxygens (including phenoxy) is 2. The van der Waals surface area contributed by atoms with Gasteiger partial charge in [0.05, 0.1) is 19.3 Å². The van der Waals surface area contributed by atoms with Crippen molar-refractivity contribution in [3.05, 3.63) is 48.0 Å². The second-order valence-electron chi connectivity index (χ2n) is 5.00. The lowest BCUT2D eigenvalue weighted by atomic mass is 10.0. The highest BCUT2D eigenvalue weighted by molar-refractivity contribution is 5.85. The van der Waals surface area contributed by atoms with Crippen LogP contribution in [0, 0.1) is 0 Å². The summed E-state index contributed by atoms with van der Waals surface area (Å²) in [6.07, 6.45) is 0.185. The number of rotatable bonds is 1. The molecule has 19 heavy (non-hydrogen) atoms. The van der Waals surface area contributed by atoms with Gasteiger partial charge in [-0.1, -0.05) is 36.4 Å². The molecule has 2 fully saturated rings. The van der Waals surface area contributed by atoms with Crippen LogP contribution < -0.4 is 5.32 Å². The Bertz CT molecular complexity index is 599. The lowest BCUT2D eigenvalue weighted by Crippen LogP contribution is -2.46. The molecule has 2 saturated heterocycles. The minimum absolute atomic E-state index is 0. The van der Waals surface area contributed by atoms with E-state index in [0.717, 1.165) is 18.7 Å². The zero-order chi connectivity index (χ0) is 12.0. The maximum absolute atomic E-state index is 6.04. The summed E-state index contributed by atoms with van der Waals surface area (Å²) in [7, 11) is 0. The van der Waals surface area contributed by atoms with Crippen LogP contribution in [0.3, 0.4) is 0 Å². The predicted octanol–water partition coefficient (Wildman–Crippen LogP) is 2.43. The van der Waals surface area contributed by atoms with Crippen LogP contribution in [0.4, 0.5) is 0 Å². The Morgan fingerprint density at radius 2 is 1.95 bits per heavy atom. The summed E-state index contributed by atoms with van der Waals surface area (Å²) in [5.74, 6) is -0.576. The summed E-state index contributed by atoms with van der Waals surface area (Å²) in [4.78, 5) is 0. The smallest absolute Gasteiger partial charge is 0.208 e. The molecule has 4 rings (SSSR count). The van der Waals surface area contributed by atoms with Crippen LogP contribution in [0.1, 0.15) is 5.56 Å². The topological polar surface area (TPSA) is 30.5 Å². The van der Waals surface area contributed by atoms with E-state index in [1.165, 1.54) is 10.8 Å². The van der Waals surface area contributed by atoms with Crippen LogP contribution in [0.5, 0.6) is 0 Å². The largest absolute Gasteiger partial charge is 0.342 e. The lowest BCUT2D eigenvalue weighted by molar-refractivity contribution is -0.186. The maximum atomic E-state index is 6.04. The predicted molar refractivity (Wildman–Crippen MR) is 76.6 cm³/mol. The van der Waals surface area contributed by atoms with Crippen molar-refractivity contribution < 1.29 is 9.47 Å². The summed E-state index contributed by atoms with van der Waals surface area (Å²) >= 11 is 0. The molecule has 2 unspecified atom stereocenters. The highest BCUT2D eigenvalue weighted by Gasteiger charge is 2.46. The maximum Gasteiger partial charge on any atom is 0.208 e. The number of benzene rings is 2. The molecule has 2 heterocycles. The van der Waals surface area contributed by atoms with Crippen LogP contribution in [-0.2, 0) is 15.3 Å². The number of morpholine rings is 1. The molecule has 2 atom stereocenters. The average molecular weight is 278 g/mol. The standard InChI is InChI=1S/C15H15NO2.ClH/c1-2-4-12-7-13(6-5-11(12)3-1)15-10-16-8-14(18-15)9-17-15;/h1-7,14,16H,8-10H2;1H. The number of fused-ring (bicyclic) bond motifs is 3. The molecule has 0 radical (unpaired) electrons. The van der Waals surface area contributed by atoms with Gasteiger partial charge in [-0.2, -0.15) is 0 Å². The van der Waals surface area contributed by atoms with Crippen LogP contribution in [0.15, 0.2) is 42.5 Å². The first-order valence-corrected chi connectivity index (χ1v) is 6.38. The van der Waals surface area contributed by atoms with Crippen molar-refractivity contribution in [3.8, 4) is 0 Å². The van der Waals surface area contributed by atoms with Gasteiger partial charge in [-0.25, -0.2) is 0 Å². The zero-order valence-electron chi connectivity index (χ0n) is 10.5. The molecule has 2 aromatic rings. The Morgan fingerprint density at radius 3 is 2.84 bits per heavy atom. The second kappa shape index (κ2) is 4.76. The molecule has 0 aliphatic carbocycles. The molecule has 3 nitrogen and oxygen atoms in total. The molecule has 2 aliphatic heterocycles. The fourth-order valence-corrected chi connectivity index (χ4v) is 2.84. The van der Waals surface area contributed by atoms with Gasteiger partial charge < -0.3 is 14.8 Å². The highest BCUT2D eigenvalue weighted by Crippen LogP contribution is 2.37. The monoisotopic (exact) mass is 277 g/mol. The van der Waals surface area contributed by atoms with Gasteiger partial charge in [-0.3, -0.25) is 0 Å². The van der Waals surface area contributed by atoms with Gasteiger partial charge >= 0.3 is 0 Å². The number of nitrogens with one attached hydrogen (secondary N) is 1. The van der Waals surface area contributed by atoms with Crippen molar-refractivity contribution in [3.63, 3.8) is 0 Å². The number of hydrogen-bond acceptors (Lipinski definition) is 3. The average Bonchev–Trinajstić information content (AvgIpc) is 2.74. The van der Waals surface area contributed by atoms with E-state index in [-0.39, 0.29) is 18.5 Å². The molecule has 2 aromatic carbocycles. The van der Waals surface area contributed by atoms with E-state index in [1.54, 1.807) is 0 Å². The van der Waals surface area contributed by atoms with Gasteiger partial charge in [0.15, 0.2) is 0 Å². The summed E-state index contributed by atoms with van der Waals surface area (Å²) < 4.78 is 11.9.